The molecule has 1 aliphatic rings. The van der Waals surface area contributed by atoms with Crippen LogP contribution in [-0.2, 0) is 6.54 Å². The van der Waals surface area contributed by atoms with E-state index >= 15 is 0 Å². The number of aromatic amines is 1. The number of ether oxygens (including phenoxy) is 1. The summed E-state index contributed by atoms with van der Waals surface area (Å²) in [6.07, 6.45) is 6.46. The molecule has 1 fully saturated rings. The minimum atomic E-state index is -0.354. The van der Waals surface area contributed by atoms with E-state index in [1.165, 1.54) is 42.2 Å². The molecule has 0 spiro atoms. The molecule has 1 N–H and O–H groups in total. The number of hydrogen-bond donors (Lipinski definition) is 1. The van der Waals surface area contributed by atoms with E-state index < -0.39 is 0 Å². The van der Waals surface area contributed by atoms with Crippen LogP contribution in [0.3, 0.4) is 0 Å². The highest BCUT2D eigenvalue weighted by Crippen LogP contribution is 2.39. The fourth-order valence-corrected chi connectivity index (χ4v) is 4.25. The van der Waals surface area contributed by atoms with Crippen LogP contribution in [0.2, 0.25) is 0 Å². The normalized spacial score (nSPS) is 14.4. The smallest absolute Gasteiger partial charge is 0.254 e. The lowest BCUT2D eigenvalue weighted by atomic mass is 9.95. The summed E-state index contributed by atoms with van der Waals surface area (Å²) in [6, 6.07) is 8.81. The summed E-state index contributed by atoms with van der Waals surface area (Å²) in [7, 11) is 1.68. The number of benzene rings is 2. The van der Waals surface area contributed by atoms with Crippen molar-refractivity contribution < 1.29 is 13.9 Å². The average molecular weight is 395 g/mol. The number of rotatable bonds is 6. The minimum Gasteiger partial charge on any atom is -0.494 e. The van der Waals surface area contributed by atoms with E-state index in [1.807, 2.05) is 25.1 Å². The van der Waals surface area contributed by atoms with Crippen molar-refractivity contribution in [2.24, 2.45) is 0 Å². The van der Waals surface area contributed by atoms with Crippen molar-refractivity contribution >= 4 is 16.8 Å². The number of amides is 1. The van der Waals surface area contributed by atoms with Crippen molar-refractivity contribution in [2.45, 2.75) is 45.1 Å². The molecule has 5 nitrogen and oxygen atoms in total. The fraction of sp³-hybridized carbons (Fsp3) is 0.391. The van der Waals surface area contributed by atoms with Crippen LogP contribution in [0.15, 0.2) is 36.5 Å². The van der Waals surface area contributed by atoms with Gasteiger partial charge in [-0.3, -0.25) is 9.89 Å². The Bertz CT molecular complexity index is 1020. The van der Waals surface area contributed by atoms with Gasteiger partial charge < -0.3 is 9.64 Å². The van der Waals surface area contributed by atoms with Crippen LogP contribution in [-0.4, -0.2) is 34.7 Å². The molecule has 1 amide bonds. The summed E-state index contributed by atoms with van der Waals surface area (Å²) >= 11 is 0. The molecule has 0 saturated heterocycles. The Kier molecular flexibility index (Phi) is 5.51. The molecule has 1 saturated carbocycles. The number of fused-ring (bicyclic) bond motifs is 1. The largest absolute Gasteiger partial charge is 0.494 e. The Labute approximate surface area is 169 Å². The van der Waals surface area contributed by atoms with E-state index in [4.69, 9.17) is 4.74 Å². The second kappa shape index (κ2) is 8.23. The Balaban J connectivity index is 1.59. The van der Waals surface area contributed by atoms with Gasteiger partial charge in [-0.2, -0.15) is 5.10 Å². The van der Waals surface area contributed by atoms with Crippen molar-refractivity contribution in [3.8, 4) is 5.75 Å². The molecule has 2 aromatic carbocycles. The number of hydrogen-bond acceptors (Lipinski definition) is 3. The zero-order valence-corrected chi connectivity index (χ0v) is 16.9. The molecular formula is C23H26FN3O2. The van der Waals surface area contributed by atoms with Gasteiger partial charge in [-0.1, -0.05) is 18.9 Å². The van der Waals surface area contributed by atoms with Crippen LogP contribution in [0, 0.1) is 5.82 Å². The number of nitrogens with zero attached hydrogens (tertiary/aromatic N) is 2. The fourth-order valence-electron chi connectivity index (χ4n) is 4.25. The molecule has 29 heavy (non-hydrogen) atoms. The van der Waals surface area contributed by atoms with Gasteiger partial charge in [0.15, 0.2) is 0 Å². The van der Waals surface area contributed by atoms with Gasteiger partial charge >= 0.3 is 0 Å². The van der Waals surface area contributed by atoms with E-state index in [2.05, 4.69) is 10.2 Å². The molecule has 0 unspecified atom stereocenters. The van der Waals surface area contributed by atoms with Crippen LogP contribution in [0.25, 0.3) is 10.9 Å². The second-order valence-electron chi connectivity index (χ2n) is 7.69. The summed E-state index contributed by atoms with van der Waals surface area (Å²) < 4.78 is 20.3. The van der Waals surface area contributed by atoms with Gasteiger partial charge in [-0.05, 0) is 55.5 Å². The topological polar surface area (TPSA) is 58.2 Å². The summed E-state index contributed by atoms with van der Waals surface area (Å²) in [5.41, 5.74) is 2.80. The number of nitrogens with one attached hydrogen (secondary N) is 1. The van der Waals surface area contributed by atoms with Gasteiger partial charge in [0, 0.05) is 23.6 Å². The Morgan fingerprint density at radius 3 is 2.83 bits per heavy atom. The number of H-pyrrole nitrogens is 1. The zero-order valence-electron chi connectivity index (χ0n) is 16.9. The highest BCUT2D eigenvalue weighted by Gasteiger charge is 2.23. The van der Waals surface area contributed by atoms with Gasteiger partial charge in [0.1, 0.15) is 11.6 Å². The molecule has 6 heteroatoms. The third-order valence-corrected chi connectivity index (χ3v) is 5.77. The first-order valence-electron chi connectivity index (χ1n) is 10.2. The van der Waals surface area contributed by atoms with Gasteiger partial charge in [0.25, 0.3) is 5.91 Å². The average Bonchev–Trinajstić information content (AvgIpc) is 3.41. The number of halogens is 1. The van der Waals surface area contributed by atoms with Crippen LogP contribution in [0.1, 0.15) is 60.0 Å². The summed E-state index contributed by atoms with van der Waals surface area (Å²) in [5.74, 6) is 0.777. The highest BCUT2D eigenvalue weighted by molar-refractivity contribution is 5.95. The predicted molar refractivity (Wildman–Crippen MR) is 111 cm³/mol. The standard InChI is InChI=1S/C23H26FN3O2/c1-3-29-21-12-16(8-10-18(21)15-6-4-5-7-15)23(28)27(2)14-19-20(24)11-9-17-13-25-26-22(17)19/h8-13,15H,3-7,14H2,1-2H3,(H,25,26). The van der Waals surface area contributed by atoms with Crippen LogP contribution in [0.4, 0.5) is 4.39 Å². The van der Waals surface area contributed by atoms with E-state index in [9.17, 15) is 9.18 Å². The van der Waals surface area contributed by atoms with E-state index in [1.54, 1.807) is 19.3 Å². The maximum atomic E-state index is 14.4. The van der Waals surface area contributed by atoms with Gasteiger partial charge in [0.2, 0.25) is 0 Å². The SMILES string of the molecule is CCOc1cc(C(=O)N(C)Cc2c(F)ccc3cn[nH]c23)ccc1C1CCCC1. The first-order valence-corrected chi connectivity index (χ1v) is 10.2. The molecule has 1 heterocycles. The van der Waals surface area contributed by atoms with Crippen molar-refractivity contribution in [1.82, 2.24) is 15.1 Å². The summed E-state index contributed by atoms with van der Waals surface area (Å²) in [4.78, 5) is 14.6. The monoisotopic (exact) mass is 395 g/mol. The minimum absolute atomic E-state index is 0.151. The van der Waals surface area contributed by atoms with Gasteiger partial charge in [-0.25, -0.2) is 4.39 Å². The molecule has 4 rings (SSSR count). The molecule has 0 aliphatic heterocycles. The van der Waals surface area contributed by atoms with Crippen LogP contribution < -0.4 is 4.74 Å². The number of aromatic nitrogens is 2. The quantitative estimate of drug-likeness (QED) is 0.637. The molecule has 0 bridgehead atoms. The maximum Gasteiger partial charge on any atom is 0.254 e. The van der Waals surface area contributed by atoms with Gasteiger partial charge in [-0.15, -0.1) is 0 Å². The third kappa shape index (κ3) is 3.84. The zero-order chi connectivity index (χ0) is 20.4. The highest BCUT2D eigenvalue weighted by atomic mass is 19.1. The van der Waals surface area contributed by atoms with Crippen LogP contribution in [0.5, 0.6) is 5.75 Å². The third-order valence-electron chi connectivity index (χ3n) is 5.77. The van der Waals surface area contributed by atoms with Crippen molar-refractivity contribution in [3.63, 3.8) is 0 Å². The Morgan fingerprint density at radius 2 is 2.07 bits per heavy atom. The van der Waals surface area contributed by atoms with E-state index in [0.29, 0.717) is 29.2 Å². The molecule has 1 aromatic heterocycles. The first kappa shape index (κ1) is 19.4. The van der Waals surface area contributed by atoms with Crippen LogP contribution >= 0.6 is 0 Å². The Hall–Kier alpha value is -2.89. The number of carbonyl (C=O) groups is 1. The molecule has 152 valence electrons. The maximum absolute atomic E-state index is 14.4. The molecule has 3 aromatic rings. The molecule has 0 atom stereocenters. The van der Waals surface area contributed by atoms with Gasteiger partial charge in [0.05, 0.1) is 24.9 Å². The lowest BCUT2D eigenvalue weighted by Gasteiger charge is -2.20. The lowest BCUT2D eigenvalue weighted by molar-refractivity contribution is 0.0784. The van der Waals surface area contributed by atoms with Crippen molar-refractivity contribution in [1.29, 1.82) is 0 Å². The predicted octanol–water partition coefficient (Wildman–Crippen LogP) is 5.03. The molecular weight excluding hydrogens is 369 g/mol. The summed E-state index contributed by atoms with van der Waals surface area (Å²) in [6.45, 7) is 2.66. The lowest BCUT2D eigenvalue weighted by Crippen LogP contribution is -2.27. The second-order valence-corrected chi connectivity index (χ2v) is 7.69. The van der Waals surface area contributed by atoms with E-state index in [0.717, 1.165) is 11.1 Å². The number of carbonyl (C=O) groups excluding carboxylic acids is 1. The van der Waals surface area contributed by atoms with E-state index in [-0.39, 0.29) is 18.3 Å². The molecule has 0 radical (unpaired) electrons. The molecule has 1 aliphatic carbocycles. The summed E-state index contributed by atoms with van der Waals surface area (Å²) in [5, 5.41) is 7.63. The first-order chi connectivity index (χ1) is 14.1. The van der Waals surface area contributed by atoms with Crippen molar-refractivity contribution in [2.75, 3.05) is 13.7 Å². The Morgan fingerprint density at radius 1 is 1.28 bits per heavy atom. The van der Waals surface area contributed by atoms with Crippen molar-refractivity contribution in [3.05, 3.63) is 59.0 Å².